The Morgan fingerprint density at radius 2 is 1.25 bits per heavy atom. The molecule has 0 amide bonds. The first kappa shape index (κ1) is 18.2. The largest absolute Gasteiger partial charge is 0.393 e. The lowest BCUT2D eigenvalue weighted by molar-refractivity contribution is -0.0541. The lowest BCUT2D eigenvalue weighted by Gasteiger charge is -2.24. The molecule has 4 heteroatoms. The van der Waals surface area contributed by atoms with Crippen LogP contribution in [0, 0.1) is 5.92 Å². The maximum Gasteiger partial charge on any atom is 0.0872 e. The van der Waals surface area contributed by atoms with Crippen LogP contribution < -0.4 is 0 Å². The summed E-state index contributed by atoms with van der Waals surface area (Å²) in [6, 6.07) is 0. The smallest absolute Gasteiger partial charge is 0.0872 e. The van der Waals surface area contributed by atoms with Crippen molar-refractivity contribution in [3.8, 4) is 0 Å². The number of hydrogen-bond acceptors (Lipinski definition) is 4. The van der Waals surface area contributed by atoms with E-state index < -0.39 is 23.9 Å². The standard InChI is InChI=1S/2C6H14O2/c1-4-6(3,8)5(2)7;1-4(5(2)7)6(3)8/h5,7-8H,4H2,1-3H3;4-8H,1-3H3. The van der Waals surface area contributed by atoms with E-state index in [4.69, 9.17) is 20.4 Å². The Morgan fingerprint density at radius 3 is 1.25 bits per heavy atom. The monoisotopic (exact) mass is 236 g/mol. The van der Waals surface area contributed by atoms with Crippen LogP contribution >= 0.6 is 0 Å². The third kappa shape index (κ3) is 8.05. The third-order valence-corrected chi connectivity index (χ3v) is 3.14. The molecule has 4 nitrogen and oxygen atoms in total. The lowest BCUT2D eigenvalue weighted by Crippen LogP contribution is -2.35. The molecule has 0 bridgehead atoms. The number of aliphatic hydroxyl groups excluding tert-OH is 3. The summed E-state index contributed by atoms with van der Waals surface area (Å²) in [5, 5.41) is 35.6. The summed E-state index contributed by atoms with van der Waals surface area (Å²) in [4.78, 5) is 0. The summed E-state index contributed by atoms with van der Waals surface area (Å²) in [6.45, 7) is 10.2. The van der Waals surface area contributed by atoms with Crippen molar-refractivity contribution in [2.24, 2.45) is 5.92 Å². The van der Waals surface area contributed by atoms with Gasteiger partial charge in [0.25, 0.3) is 0 Å². The Hall–Kier alpha value is -0.160. The van der Waals surface area contributed by atoms with Gasteiger partial charge in [0.05, 0.1) is 23.9 Å². The summed E-state index contributed by atoms with van der Waals surface area (Å²) in [5.74, 6) is -0.0185. The van der Waals surface area contributed by atoms with Gasteiger partial charge in [-0.1, -0.05) is 13.8 Å². The molecule has 4 atom stereocenters. The Bertz CT molecular complexity index is 156. The number of aliphatic hydroxyl groups is 4. The number of rotatable bonds is 4. The second-order valence-corrected chi connectivity index (χ2v) is 4.73. The van der Waals surface area contributed by atoms with Crippen LogP contribution in [0.1, 0.15) is 48.0 Å². The first-order valence-corrected chi connectivity index (χ1v) is 5.82. The molecule has 0 spiro atoms. The topological polar surface area (TPSA) is 80.9 Å². The minimum absolute atomic E-state index is 0.0185. The highest BCUT2D eigenvalue weighted by Gasteiger charge is 2.23. The molecule has 0 aliphatic carbocycles. The van der Waals surface area contributed by atoms with Crippen molar-refractivity contribution in [3.63, 3.8) is 0 Å². The van der Waals surface area contributed by atoms with E-state index in [2.05, 4.69) is 0 Å². The van der Waals surface area contributed by atoms with E-state index in [9.17, 15) is 0 Å². The van der Waals surface area contributed by atoms with Crippen molar-refractivity contribution in [1.82, 2.24) is 0 Å². The SMILES string of the molecule is CC(O)C(C)C(C)O.CCC(C)(O)C(C)O. The molecule has 0 fully saturated rings. The van der Waals surface area contributed by atoms with Crippen LogP contribution in [0.3, 0.4) is 0 Å². The second-order valence-electron chi connectivity index (χ2n) is 4.73. The summed E-state index contributed by atoms with van der Waals surface area (Å²) in [7, 11) is 0. The molecule has 0 radical (unpaired) electrons. The maximum absolute atomic E-state index is 9.15. The van der Waals surface area contributed by atoms with Crippen molar-refractivity contribution in [1.29, 1.82) is 0 Å². The normalized spacial score (nSPS) is 22.1. The Balaban J connectivity index is 0. The van der Waals surface area contributed by atoms with Crippen LogP contribution in [0.4, 0.5) is 0 Å². The van der Waals surface area contributed by atoms with E-state index in [1.165, 1.54) is 0 Å². The molecule has 0 aliphatic rings. The van der Waals surface area contributed by atoms with Gasteiger partial charge in [-0.2, -0.15) is 0 Å². The molecular formula is C12H28O4. The Labute approximate surface area is 98.9 Å². The average molecular weight is 236 g/mol. The predicted molar refractivity (Wildman–Crippen MR) is 65.1 cm³/mol. The predicted octanol–water partition coefficient (Wildman–Crippen LogP) is 0.912. The molecule has 4 unspecified atom stereocenters. The van der Waals surface area contributed by atoms with Crippen LogP contribution in [0.25, 0.3) is 0 Å². The van der Waals surface area contributed by atoms with E-state index in [1.54, 1.807) is 27.7 Å². The molecule has 0 saturated heterocycles. The quantitative estimate of drug-likeness (QED) is 0.585. The fourth-order valence-corrected chi connectivity index (χ4v) is 0.698. The molecule has 0 saturated carbocycles. The van der Waals surface area contributed by atoms with Gasteiger partial charge in [-0.3, -0.25) is 0 Å². The first-order valence-electron chi connectivity index (χ1n) is 5.82. The molecule has 0 heterocycles. The molecule has 16 heavy (non-hydrogen) atoms. The maximum atomic E-state index is 9.15. The fourth-order valence-electron chi connectivity index (χ4n) is 0.698. The van der Waals surface area contributed by atoms with Gasteiger partial charge in [-0.25, -0.2) is 0 Å². The van der Waals surface area contributed by atoms with Gasteiger partial charge in [0, 0.05) is 5.92 Å². The van der Waals surface area contributed by atoms with Crippen molar-refractivity contribution >= 4 is 0 Å². The third-order valence-electron chi connectivity index (χ3n) is 3.14. The summed E-state index contributed by atoms with van der Waals surface area (Å²) >= 11 is 0. The van der Waals surface area contributed by atoms with E-state index >= 15 is 0 Å². The summed E-state index contributed by atoms with van der Waals surface area (Å²) in [5.41, 5.74) is -0.903. The fraction of sp³-hybridized carbons (Fsp3) is 1.00. The molecule has 0 aromatic rings. The minimum Gasteiger partial charge on any atom is -0.393 e. The molecule has 4 N–H and O–H groups in total. The molecule has 0 aromatic heterocycles. The van der Waals surface area contributed by atoms with E-state index in [-0.39, 0.29) is 5.92 Å². The van der Waals surface area contributed by atoms with Crippen molar-refractivity contribution < 1.29 is 20.4 Å². The molecule has 0 aromatic carbocycles. The van der Waals surface area contributed by atoms with Crippen LogP contribution in [0.5, 0.6) is 0 Å². The Kier molecular flexibility index (Phi) is 9.12. The van der Waals surface area contributed by atoms with Crippen LogP contribution in [0.15, 0.2) is 0 Å². The lowest BCUT2D eigenvalue weighted by atomic mass is 9.98. The van der Waals surface area contributed by atoms with Crippen molar-refractivity contribution in [2.75, 3.05) is 0 Å². The molecule has 100 valence electrons. The molecule has 0 aliphatic heterocycles. The highest BCUT2D eigenvalue weighted by Crippen LogP contribution is 2.12. The minimum atomic E-state index is -0.903. The van der Waals surface area contributed by atoms with E-state index in [1.807, 2.05) is 13.8 Å². The zero-order valence-electron chi connectivity index (χ0n) is 11.3. The van der Waals surface area contributed by atoms with Gasteiger partial charge < -0.3 is 20.4 Å². The van der Waals surface area contributed by atoms with Crippen LogP contribution in [-0.4, -0.2) is 44.3 Å². The van der Waals surface area contributed by atoms with Crippen LogP contribution in [-0.2, 0) is 0 Å². The van der Waals surface area contributed by atoms with Gasteiger partial charge in [0.15, 0.2) is 0 Å². The highest BCUT2D eigenvalue weighted by molar-refractivity contribution is 4.75. The molecule has 0 rings (SSSR count). The van der Waals surface area contributed by atoms with Crippen LogP contribution in [0.2, 0.25) is 0 Å². The van der Waals surface area contributed by atoms with Gasteiger partial charge in [-0.15, -0.1) is 0 Å². The zero-order valence-corrected chi connectivity index (χ0v) is 11.3. The van der Waals surface area contributed by atoms with E-state index in [0.29, 0.717) is 6.42 Å². The Morgan fingerprint density at radius 1 is 0.938 bits per heavy atom. The highest BCUT2D eigenvalue weighted by atomic mass is 16.3. The average Bonchev–Trinajstić information content (AvgIpc) is 2.17. The van der Waals surface area contributed by atoms with Gasteiger partial charge >= 0.3 is 0 Å². The first-order chi connectivity index (χ1) is 7.06. The second kappa shape index (κ2) is 8.01. The molecular weight excluding hydrogens is 208 g/mol. The zero-order chi connectivity index (χ0) is 13.5. The van der Waals surface area contributed by atoms with Gasteiger partial charge in [0.2, 0.25) is 0 Å². The summed E-state index contributed by atoms with van der Waals surface area (Å²) in [6.07, 6.45) is -0.859. The number of hydrogen-bond donors (Lipinski definition) is 4. The van der Waals surface area contributed by atoms with E-state index in [0.717, 1.165) is 0 Å². The summed E-state index contributed by atoms with van der Waals surface area (Å²) < 4.78 is 0. The van der Waals surface area contributed by atoms with Crippen molar-refractivity contribution in [3.05, 3.63) is 0 Å². The van der Waals surface area contributed by atoms with Gasteiger partial charge in [-0.05, 0) is 34.1 Å². The van der Waals surface area contributed by atoms with Crippen molar-refractivity contribution in [2.45, 2.75) is 71.9 Å². The van der Waals surface area contributed by atoms with Gasteiger partial charge in [0.1, 0.15) is 0 Å².